The van der Waals surface area contributed by atoms with Gasteiger partial charge in [-0.1, -0.05) is 20.8 Å². The van der Waals surface area contributed by atoms with Crippen LogP contribution in [0.2, 0.25) is 0 Å². The fourth-order valence-corrected chi connectivity index (χ4v) is 5.14. The van der Waals surface area contributed by atoms with E-state index in [1.165, 1.54) is 22.2 Å². The molecule has 0 fully saturated rings. The van der Waals surface area contributed by atoms with Crippen LogP contribution >= 0.6 is 11.3 Å². The summed E-state index contributed by atoms with van der Waals surface area (Å²) in [7, 11) is 0. The van der Waals surface area contributed by atoms with Gasteiger partial charge in [-0.15, -0.1) is 11.3 Å². The highest BCUT2D eigenvalue weighted by Gasteiger charge is 2.31. The number of Topliss-reactive ketones (excluding diaryl/α,β-unsaturated/α-hetero) is 1. The Morgan fingerprint density at radius 3 is 2.59 bits per heavy atom. The molecule has 1 atom stereocenters. The van der Waals surface area contributed by atoms with E-state index in [0.29, 0.717) is 11.3 Å². The third-order valence-corrected chi connectivity index (χ3v) is 6.79. The molecule has 0 amide bonds. The van der Waals surface area contributed by atoms with Crippen molar-refractivity contribution < 1.29 is 4.79 Å². The van der Waals surface area contributed by atoms with Crippen LogP contribution in [0.4, 0.5) is 11.5 Å². The van der Waals surface area contributed by atoms with Crippen molar-refractivity contribution in [3.63, 3.8) is 0 Å². The standard InChI is InChI=1S/C22H25N3OS/c1-13(26)14-5-8-16(9-6-14)25-20-19-17-10-7-15(22(2,3)4)11-18(17)27-21(19)24-12-23-20/h5-6,8-9,12,15H,7,10-11H2,1-4H3,(H,23,24,25). The molecule has 1 N–H and O–H groups in total. The number of benzene rings is 1. The number of thiophene rings is 1. The molecule has 4 rings (SSSR count). The van der Waals surface area contributed by atoms with Crippen LogP contribution in [0, 0.1) is 11.3 Å². The lowest BCUT2D eigenvalue weighted by Crippen LogP contribution is -2.26. The maximum atomic E-state index is 11.5. The zero-order valence-electron chi connectivity index (χ0n) is 16.3. The molecular formula is C22H25N3OS. The molecular weight excluding hydrogens is 354 g/mol. The lowest BCUT2D eigenvalue weighted by Gasteiger charge is -2.33. The Morgan fingerprint density at radius 1 is 1.19 bits per heavy atom. The summed E-state index contributed by atoms with van der Waals surface area (Å²) >= 11 is 1.81. The van der Waals surface area contributed by atoms with Gasteiger partial charge in [0.1, 0.15) is 17.0 Å². The summed E-state index contributed by atoms with van der Waals surface area (Å²) in [4.78, 5) is 23.1. The molecule has 1 aliphatic carbocycles. The van der Waals surface area contributed by atoms with Gasteiger partial charge in [0.05, 0.1) is 5.39 Å². The van der Waals surface area contributed by atoms with Crippen molar-refractivity contribution in [2.75, 3.05) is 5.32 Å². The Hall–Kier alpha value is -2.27. The van der Waals surface area contributed by atoms with Crippen LogP contribution in [-0.2, 0) is 12.8 Å². The minimum absolute atomic E-state index is 0.0753. The highest BCUT2D eigenvalue weighted by molar-refractivity contribution is 7.19. The first kappa shape index (κ1) is 18.1. The van der Waals surface area contributed by atoms with Gasteiger partial charge in [0.15, 0.2) is 5.78 Å². The molecule has 3 aromatic rings. The van der Waals surface area contributed by atoms with E-state index in [1.54, 1.807) is 13.3 Å². The number of carbonyl (C=O) groups excluding carboxylic acids is 1. The van der Waals surface area contributed by atoms with Crippen LogP contribution in [0.1, 0.15) is 54.9 Å². The Bertz CT molecular complexity index is 999. The van der Waals surface area contributed by atoms with Gasteiger partial charge >= 0.3 is 0 Å². The summed E-state index contributed by atoms with van der Waals surface area (Å²) in [5.41, 5.74) is 3.40. The highest BCUT2D eigenvalue weighted by atomic mass is 32.1. The molecule has 0 bridgehead atoms. The summed E-state index contributed by atoms with van der Waals surface area (Å²) in [5, 5.41) is 4.60. The minimum Gasteiger partial charge on any atom is -0.340 e. The van der Waals surface area contributed by atoms with Crippen LogP contribution in [-0.4, -0.2) is 15.8 Å². The first-order valence-electron chi connectivity index (χ1n) is 9.46. The van der Waals surface area contributed by atoms with Crippen molar-refractivity contribution in [3.8, 4) is 0 Å². The molecule has 0 saturated heterocycles. The Morgan fingerprint density at radius 2 is 1.93 bits per heavy atom. The van der Waals surface area contributed by atoms with E-state index in [9.17, 15) is 4.79 Å². The van der Waals surface area contributed by atoms with E-state index in [0.717, 1.165) is 34.7 Å². The van der Waals surface area contributed by atoms with E-state index in [1.807, 2.05) is 35.6 Å². The molecule has 2 aromatic heterocycles. The van der Waals surface area contributed by atoms with Gasteiger partial charge in [-0.2, -0.15) is 0 Å². The number of rotatable bonds is 3. The molecule has 1 aliphatic rings. The molecule has 1 aromatic carbocycles. The third-order valence-electron chi connectivity index (χ3n) is 5.62. The third kappa shape index (κ3) is 3.48. The number of ketones is 1. The van der Waals surface area contributed by atoms with Crippen molar-refractivity contribution >= 4 is 38.8 Å². The van der Waals surface area contributed by atoms with Crippen LogP contribution < -0.4 is 5.32 Å². The fourth-order valence-electron chi connectivity index (χ4n) is 3.87. The first-order chi connectivity index (χ1) is 12.8. The van der Waals surface area contributed by atoms with E-state index in [-0.39, 0.29) is 5.78 Å². The van der Waals surface area contributed by atoms with Gasteiger partial charge in [0.25, 0.3) is 0 Å². The second-order valence-corrected chi connectivity index (χ2v) is 9.55. The van der Waals surface area contributed by atoms with Crippen molar-refractivity contribution in [2.24, 2.45) is 11.3 Å². The number of hydrogen-bond acceptors (Lipinski definition) is 5. The quantitative estimate of drug-likeness (QED) is 0.585. The second kappa shape index (κ2) is 6.71. The van der Waals surface area contributed by atoms with E-state index < -0.39 is 0 Å². The highest BCUT2D eigenvalue weighted by Crippen LogP contribution is 2.44. The number of aromatic nitrogens is 2. The predicted molar refractivity (Wildman–Crippen MR) is 112 cm³/mol. The molecule has 4 nitrogen and oxygen atoms in total. The van der Waals surface area contributed by atoms with E-state index in [4.69, 9.17) is 0 Å². The average Bonchev–Trinajstić information content (AvgIpc) is 3.00. The predicted octanol–water partition coefficient (Wildman–Crippen LogP) is 5.79. The number of nitrogens with one attached hydrogen (secondary N) is 1. The lowest BCUT2D eigenvalue weighted by molar-refractivity contribution is 0.101. The van der Waals surface area contributed by atoms with Crippen LogP contribution in [0.25, 0.3) is 10.2 Å². The minimum atomic E-state index is 0.0753. The fraction of sp³-hybridized carbons (Fsp3) is 0.409. The number of nitrogens with zero attached hydrogens (tertiary/aromatic N) is 2. The van der Waals surface area contributed by atoms with Gasteiger partial charge < -0.3 is 5.32 Å². The van der Waals surface area contributed by atoms with Crippen LogP contribution in [0.5, 0.6) is 0 Å². The summed E-state index contributed by atoms with van der Waals surface area (Å²) in [6, 6.07) is 7.55. The van der Waals surface area contributed by atoms with Crippen LogP contribution in [0.3, 0.4) is 0 Å². The molecule has 0 saturated carbocycles. The Kier molecular flexibility index (Phi) is 4.50. The molecule has 2 heterocycles. The zero-order chi connectivity index (χ0) is 19.2. The average molecular weight is 380 g/mol. The summed E-state index contributed by atoms with van der Waals surface area (Å²) in [6.45, 7) is 8.60. The van der Waals surface area contributed by atoms with Gasteiger partial charge in [-0.05, 0) is 67.3 Å². The van der Waals surface area contributed by atoms with Crippen molar-refractivity contribution in [3.05, 3.63) is 46.6 Å². The largest absolute Gasteiger partial charge is 0.340 e. The second-order valence-electron chi connectivity index (χ2n) is 8.47. The summed E-state index contributed by atoms with van der Waals surface area (Å²) in [5.74, 6) is 1.65. The van der Waals surface area contributed by atoms with Crippen molar-refractivity contribution in [2.45, 2.75) is 47.0 Å². The first-order valence-corrected chi connectivity index (χ1v) is 10.3. The number of carbonyl (C=O) groups is 1. The maximum Gasteiger partial charge on any atom is 0.159 e. The lowest BCUT2D eigenvalue weighted by atomic mass is 9.72. The zero-order valence-corrected chi connectivity index (χ0v) is 17.1. The summed E-state index contributed by atoms with van der Waals surface area (Å²) < 4.78 is 0. The van der Waals surface area contributed by atoms with E-state index in [2.05, 4.69) is 36.1 Å². The molecule has 5 heteroatoms. The monoisotopic (exact) mass is 379 g/mol. The van der Waals surface area contributed by atoms with E-state index >= 15 is 0 Å². The molecule has 140 valence electrons. The number of aryl methyl sites for hydroxylation is 1. The van der Waals surface area contributed by atoms with Crippen molar-refractivity contribution in [1.82, 2.24) is 9.97 Å². The summed E-state index contributed by atoms with van der Waals surface area (Å²) in [6.07, 6.45) is 5.07. The number of fused-ring (bicyclic) bond motifs is 3. The number of hydrogen-bond donors (Lipinski definition) is 1. The van der Waals surface area contributed by atoms with Gasteiger partial charge in [-0.25, -0.2) is 9.97 Å². The smallest absolute Gasteiger partial charge is 0.159 e. The maximum absolute atomic E-state index is 11.5. The Balaban J connectivity index is 1.69. The Labute approximate surface area is 164 Å². The van der Waals surface area contributed by atoms with Gasteiger partial charge in [-0.3, -0.25) is 4.79 Å². The van der Waals surface area contributed by atoms with Crippen LogP contribution in [0.15, 0.2) is 30.6 Å². The normalized spacial score (nSPS) is 17.0. The van der Waals surface area contributed by atoms with Gasteiger partial charge in [0.2, 0.25) is 0 Å². The molecule has 0 spiro atoms. The number of anilines is 2. The molecule has 0 radical (unpaired) electrons. The molecule has 27 heavy (non-hydrogen) atoms. The topological polar surface area (TPSA) is 54.9 Å². The molecule has 1 unspecified atom stereocenters. The van der Waals surface area contributed by atoms with Gasteiger partial charge in [0, 0.05) is 16.1 Å². The molecule has 0 aliphatic heterocycles. The van der Waals surface area contributed by atoms with Crippen molar-refractivity contribution in [1.29, 1.82) is 0 Å². The SMILES string of the molecule is CC(=O)c1ccc(Nc2ncnc3sc4c(c23)CCC(C(C)(C)C)C4)cc1.